The van der Waals surface area contributed by atoms with E-state index in [2.05, 4.69) is 4.72 Å². The molecule has 0 heterocycles. The Hall–Kier alpha value is -1.73. The van der Waals surface area contributed by atoms with Gasteiger partial charge in [0.1, 0.15) is 0 Å². The number of hydrogen-bond donors (Lipinski definition) is 1. The molecule has 0 aliphatic heterocycles. The molecular formula is C17H17ClF3NO2S. The van der Waals surface area contributed by atoms with Gasteiger partial charge in [0.25, 0.3) is 10.0 Å². The van der Waals surface area contributed by atoms with Crippen molar-refractivity contribution in [3.05, 3.63) is 58.6 Å². The molecule has 2 aromatic rings. The van der Waals surface area contributed by atoms with Crippen LogP contribution in [0.2, 0.25) is 5.02 Å². The van der Waals surface area contributed by atoms with Crippen LogP contribution in [0.25, 0.3) is 0 Å². The fourth-order valence-electron chi connectivity index (χ4n) is 2.26. The van der Waals surface area contributed by atoms with Gasteiger partial charge >= 0.3 is 6.18 Å². The smallest absolute Gasteiger partial charge is 0.278 e. The molecule has 0 radical (unpaired) electrons. The van der Waals surface area contributed by atoms with Crippen LogP contribution in [-0.2, 0) is 22.6 Å². The normalized spacial score (nSPS) is 12.4. The lowest BCUT2D eigenvalue weighted by Crippen LogP contribution is -2.14. The average molecular weight is 392 g/mol. The largest absolute Gasteiger partial charge is 0.416 e. The van der Waals surface area contributed by atoms with Crippen LogP contribution in [0.5, 0.6) is 0 Å². The minimum Gasteiger partial charge on any atom is -0.278 e. The molecule has 0 saturated carbocycles. The van der Waals surface area contributed by atoms with Crippen LogP contribution in [-0.4, -0.2) is 8.42 Å². The van der Waals surface area contributed by atoms with Gasteiger partial charge in [-0.1, -0.05) is 37.6 Å². The van der Waals surface area contributed by atoms with Gasteiger partial charge in [0.2, 0.25) is 0 Å². The summed E-state index contributed by atoms with van der Waals surface area (Å²) in [5.41, 5.74) is -0.323. The van der Waals surface area contributed by atoms with Crippen molar-refractivity contribution in [1.82, 2.24) is 0 Å². The number of rotatable bonds is 5. The molecule has 8 heteroatoms. The Labute approximate surface area is 149 Å². The van der Waals surface area contributed by atoms with Gasteiger partial charge in [0.05, 0.1) is 21.2 Å². The van der Waals surface area contributed by atoms with E-state index in [0.717, 1.165) is 24.1 Å². The third-order valence-electron chi connectivity index (χ3n) is 3.42. The number of anilines is 1. The lowest BCUT2D eigenvalue weighted by Gasteiger charge is -2.13. The summed E-state index contributed by atoms with van der Waals surface area (Å²) in [4.78, 5) is -0.0477. The highest BCUT2D eigenvalue weighted by Crippen LogP contribution is 2.34. The maximum atomic E-state index is 12.8. The van der Waals surface area contributed by atoms with Crippen LogP contribution in [0.1, 0.15) is 25.0 Å². The van der Waals surface area contributed by atoms with Gasteiger partial charge in [-0.25, -0.2) is 8.42 Å². The van der Waals surface area contributed by atoms with Crippen LogP contribution < -0.4 is 4.72 Å². The molecule has 0 spiro atoms. The van der Waals surface area contributed by atoms with E-state index in [1.54, 1.807) is 12.1 Å². The second-order valence-corrected chi connectivity index (χ2v) is 8.13. The number of nitrogens with one attached hydrogen (secondary N) is 1. The first-order chi connectivity index (χ1) is 11.5. The Kier molecular flexibility index (Phi) is 5.68. The zero-order chi connectivity index (χ0) is 18.8. The zero-order valence-electron chi connectivity index (χ0n) is 13.6. The van der Waals surface area contributed by atoms with Crippen LogP contribution >= 0.6 is 11.6 Å². The van der Waals surface area contributed by atoms with Crippen LogP contribution in [0.3, 0.4) is 0 Å². The van der Waals surface area contributed by atoms with Gasteiger partial charge in [-0.2, -0.15) is 13.2 Å². The fourth-order valence-corrected chi connectivity index (χ4v) is 3.55. The third kappa shape index (κ3) is 5.12. The Balaban J connectivity index is 2.30. The molecule has 0 unspecified atom stereocenters. The van der Waals surface area contributed by atoms with Crippen molar-refractivity contribution in [2.24, 2.45) is 5.92 Å². The first kappa shape index (κ1) is 19.6. The molecule has 2 aromatic carbocycles. The van der Waals surface area contributed by atoms with Crippen molar-refractivity contribution < 1.29 is 21.6 Å². The number of hydrogen-bond acceptors (Lipinski definition) is 2. The lowest BCUT2D eigenvalue weighted by atomic mass is 10.0. The summed E-state index contributed by atoms with van der Waals surface area (Å²) >= 11 is 5.83. The second kappa shape index (κ2) is 7.25. The summed E-state index contributed by atoms with van der Waals surface area (Å²) in [6.07, 6.45) is -3.80. The van der Waals surface area contributed by atoms with Gasteiger partial charge in [-0.15, -0.1) is 0 Å². The molecule has 0 fully saturated rings. The lowest BCUT2D eigenvalue weighted by molar-refractivity contribution is -0.137. The van der Waals surface area contributed by atoms with Crippen LogP contribution in [0, 0.1) is 5.92 Å². The number of sulfonamides is 1. The maximum absolute atomic E-state index is 12.8. The maximum Gasteiger partial charge on any atom is 0.416 e. The zero-order valence-corrected chi connectivity index (χ0v) is 15.1. The summed E-state index contributed by atoms with van der Waals surface area (Å²) in [5.74, 6) is 0.421. The highest BCUT2D eigenvalue weighted by Gasteiger charge is 2.31. The molecule has 0 aliphatic carbocycles. The van der Waals surface area contributed by atoms with E-state index in [0.29, 0.717) is 12.0 Å². The van der Waals surface area contributed by atoms with E-state index in [4.69, 9.17) is 11.6 Å². The van der Waals surface area contributed by atoms with Crippen molar-refractivity contribution in [1.29, 1.82) is 0 Å². The van der Waals surface area contributed by atoms with E-state index in [1.807, 2.05) is 13.8 Å². The van der Waals surface area contributed by atoms with E-state index < -0.39 is 21.8 Å². The molecule has 0 aliphatic rings. The summed E-state index contributed by atoms with van der Waals surface area (Å²) in [6.45, 7) is 4.09. The van der Waals surface area contributed by atoms with Gasteiger partial charge in [-0.05, 0) is 48.2 Å². The van der Waals surface area contributed by atoms with Gasteiger partial charge in [-0.3, -0.25) is 4.72 Å². The van der Waals surface area contributed by atoms with Gasteiger partial charge in [0.15, 0.2) is 0 Å². The van der Waals surface area contributed by atoms with E-state index in [1.165, 1.54) is 12.1 Å². The minimum atomic E-state index is -4.59. The number of halogens is 4. The molecule has 25 heavy (non-hydrogen) atoms. The molecule has 136 valence electrons. The molecule has 0 bridgehead atoms. The molecule has 3 nitrogen and oxygen atoms in total. The predicted molar refractivity (Wildman–Crippen MR) is 92.2 cm³/mol. The first-order valence-corrected chi connectivity index (χ1v) is 9.33. The topological polar surface area (TPSA) is 46.2 Å². The predicted octanol–water partition coefficient (Wildman–Crippen LogP) is 5.36. The second-order valence-electron chi connectivity index (χ2n) is 6.04. The summed E-state index contributed by atoms with van der Waals surface area (Å²) in [7, 11) is -4.05. The Morgan fingerprint density at radius 3 is 2.20 bits per heavy atom. The Morgan fingerprint density at radius 2 is 1.68 bits per heavy atom. The van der Waals surface area contributed by atoms with Crippen molar-refractivity contribution in [3.8, 4) is 0 Å². The third-order valence-corrected chi connectivity index (χ3v) is 5.13. The molecule has 1 N–H and O–H groups in total. The highest BCUT2D eigenvalue weighted by molar-refractivity contribution is 7.92. The summed E-state index contributed by atoms with van der Waals surface area (Å²) in [5, 5.41) is -0.118. The van der Waals surface area contributed by atoms with Crippen molar-refractivity contribution in [2.45, 2.75) is 31.3 Å². The standard InChI is InChI=1S/C17H17ClF3NO2S/c1-11(2)9-12-3-6-14(7-4-12)25(23,24)22-16-10-13(17(19,20)21)5-8-15(16)18/h3-8,10-11,22H,9H2,1-2H3. The van der Waals surface area contributed by atoms with Crippen molar-refractivity contribution in [2.75, 3.05) is 4.72 Å². The van der Waals surface area contributed by atoms with Gasteiger partial charge < -0.3 is 0 Å². The summed E-state index contributed by atoms with van der Waals surface area (Å²) in [6, 6.07) is 8.68. The van der Waals surface area contributed by atoms with Crippen LogP contribution in [0.15, 0.2) is 47.4 Å². The average Bonchev–Trinajstić information content (AvgIpc) is 2.48. The highest BCUT2D eigenvalue weighted by atomic mass is 35.5. The van der Waals surface area contributed by atoms with Crippen molar-refractivity contribution in [3.63, 3.8) is 0 Å². The van der Waals surface area contributed by atoms with Crippen LogP contribution in [0.4, 0.5) is 18.9 Å². The van der Waals surface area contributed by atoms with Gasteiger partial charge in [0, 0.05) is 0 Å². The van der Waals surface area contributed by atoms with E-state index in [9.17, 15) is 21.6 Å². The number of alkyl halides is 3. The molecule has 0 aromatic heterocycles. The SMILES string of the molecule is CC(C)Cc1ccc(S(=O)(=O)Nc2cc(C(F)(F)F)ccc2Cl)cc1. The van der Waals surface area contributed by atoms with E-state index in [-0.39, 0.29) is 15.6 Å². The minimum absolute atomic E-state index is 0.0477. The molecule has 0 amide bonds. The Morgan fingerprint density at radius 1 is 1.08 bits per heavy atom. The number of benzene rings is 2. The quantitative estimate of drug-likeness (QED) is 0.745. The van der Waals surface area contributed by atoms with E-state index >= 15 is 0 Å². The van der Waals surface area contributed by atoms with Crippen molar-refractivity contribution >= 4 is 27.3 Å². The fraction of sp³-hybridized carbons (Fsp3) is 0.294. The molecule has 0 saturated heterocycles. The first-order valence-electron chi connectivity index (χ1n) is 7.47. The molecule has 2 rings (SSSR count). The monoisotopic (exact) mass is 391 g/mol. The molecular weight excluding hydrogens is 375 g/mol. The summed E-state index contributed by atoms with van der Waals surface area (Å²) < 4.78 is 65.3. The Bertz CT molecular complexity index is 847. The molecule has 0 atom stereocenters.